The van der Waals surface area contributed by atoms with Crippen molar-refractivity contribution in [2.24, 2.45) is 7.05 Å². The fourth-order valence-corrected chi connectivity index (χ4v) is 3.10. The fourth-order valence-electron chi connectivity index (χ4n) is 3.10. The molecule has 0 aliphatic carbocycles. The molecule has 1 aliphatic rings. The molecule has 8 heteroatoms. The predicted octanol–water partition coefficient (Wildman–Crippen LogP) is 1.11. The summed E-state index contributed by atoms with van der Waals surface area (Å²) < 4.78 is 1.69. The van der Waals surface area contributed by atoms with Crippen LogP contribution in [-0.4, -0.2) is 53.3 Å². The number of rotatable bonds is 4. The highest BCUT2D eigenvalue weighted by Gasteiger charge is 2.32. The number of piperidine rings is 1. The molecule has 1 saturated heterocycles. The second-order valence-corrected chi connectivity index (χ2v) is 6.72. The van der Waals surface area contributed by atoms with E-state index in [1.807, 2.05) is 45.1 Å². The first-order chi connectivity index (χ1) is 12.4. The van der Waals surface area contributed by atoms with Crippen molar-refractivity contribution in [1.29, 1.82) is 0 Å². The van der Waals surface area contributed by atoms with Crippen molar-refractivity contribution in [3.8, 4) is 0 Å². The zero-order chi connectivity index (χ0) is 18.8. The fraction of sp³-hybridized carbons (Fsp3) is 0.444. The SMILES string of the molecule is Cc1cc(N2CCCC(NC(=O)c3ccc(N(C)C)cn3)C2=O)n(C)n1. The number of carbonyl (C=O) groups is 2. The summed E-state index contributed by atoms with van der Waals surface area (Å²) in [6, 6.07) is 4.82. The first-order valence-electron chi connectivity index (χ1n) is 8.63. The minimum atomic E-state index is -0.554. The van der Waals surface area contributed by atoms with Crippen molar-refractivity contribution in [3.05, 3.63) is 35.8 Å². The van der Waals surface area contributed by atoms with E-state index in [0.717, 1.165) is 23.6 Å². The molecule has 0 aromatic carbocycles. The van der Waals surface area contributed by atoms with E-state index in [4.69, 9.17) is 0 Å². The maximum Gasteiger partial charge on any atom is 0.270 e. The van der Waals surface area contributed by atoms with Crippen molar-refractivity contribution < 1.29 is 9.59 Å². The Morgan fingerprint density at radius 3 is 2.69 bits per heavy atom. The lowest BCUT2D eigenvalue weighted by Gasteiger charge is -2.32. The Balaban J connectivity index is 1.71. The van der Waals surface area contributed by atoms with Crippen LogP contribution < -0.4 is 15.1 Å². The van der Waals surface area contributed by atoms with E-state index in [9.17, 15) is 9.59 Å². The molecule has 0 radical (unpaired) electrons. The number of hydrogen-bond acceptors (Lipinski definition) is 5. The van der Waals surface area contributed by atoms with Gasteiger partial charge in [0.1, 0.15) is 17.6 Å². The van der Waals surface area contributed by atoms with Gasteiger partial charge in [-0.25, -0.2) is 4.98 Å². The number of aromatic nitrogens is 3. The number of nitrogens with one attached hydrogen (secondary N) is 1. The van der Waals surface area contributed by atoms with Gasteiger partial charge in [0.25, 0.3) is 11.8 Å². The Hall–Kier alpha value is -2.90. The summed E-state index contributed by atoms with van der Waals surface area (Å²) in [4.78, 5) is 33.1. The van der Waals surface area contributed by atoms with E-state index in [1.165, 1.54) is 0 Å². The van der Waals surface area contributed by atoms with Crippen LogP contribution in [0.1, 0.15) is 29.0 Å². The molecule has 1 fully saturated rings. The predicted molar refractivity (Wildman–Crippen MR) is 99.4 cm³/mol. The number of carbonyl (C=O) groups excluding carboxylic acids is 2. The van der Waals surface area contributed by atoms with Gasteiger partial charge in [0, 0.05) is 33.8 Å². The van der Waals surface area contributed by atoms with Gasteiger partial charge in [-0.2, -0.15) is 5.10 Å². The Morgan fingerprint density at radius 1 is 1.35 bits per heavy atom. The molecule has 1 aliphatic heterocycles. The van der Waals surface area contributed by atoms with E-state index >= 15 is 0 Å². The Labute approximate surface area is 152 Å². The van der Waals surface area contributed by atoms with Gasteiger partial charge in [0.15, 0.2) is 0 Å². The van der Waals surface area contributed by atoms with Crippen molar-refractivity contribution in [1.82, 2.24) is 20.1 Å². The molecule has 2 amide bonds. The maximum absolute atomic E-state index is 12.8. The van der Waals surface area contributed by atoms with Crippen LogP contribution in [0.25, 0.3) is 0 Å². The summed E-state index contributed by atoms with van der Waals surface area (Å²) in [5, 5.41) is 7.12. The van der Waals surface area contributed by atoms with Crippen LogP contribution in [0.3, 0.4) is 0 Å². The van der Waals surface area contributed by atoms with Gasteiger partial charge >= 0.3 is 0 Å². The number of anilines is 2. The van der Waals surface area contributed by atoms with Crippen LogP contribution in [-0.2, 0) is 11.8 Å². The summed E-state index contributed by atoms with van der Waals surface area (Å²) >= 11 is 0. The molecule has 3 heterocycles. The molecule has 2 aromatic heterocycles. The van der Waals surface area contributed by atoms with Gasteiger partial charge < -0.3 is 10.2 Å². The second-order valence-electron chi connectivity index (χ2n) is 6.72. The molecule has 0 spiro atoms. The van der Waals surface area contributed by atoms with Crippen LogP contribution in [0.15, 0.2) is 24.4 Å². The lowest BCUT2D eigenvalue weighted by atomic mass is 10.0. The lowest BCUT2D eigenvalue weighted by Crippen LogP contribution is -2.53. The van der Waals surface area contributed by atoms with E-state index < -0.39 is 6.04 Å². The highest BCUT2D eigenvalue weighted by atomic mass is 16.2. The molecule has 0 saturated carbocycles. The lowest BCUT2D eigenvalue weighted by molar-refractivity contribution is -0.121. The van der Waals surface area contributed by atoms with Crippen LogP contribution in [0.2, 0.25) is 0 Å². The van der Waals surface area contributed by atoms with Gasteiger partial charge in [0.2, 0.25) is 0 Å². The van der Waals surface area contributed by atoms with Crippen molar-refractivity contribution in [2.45, 2.75) is 25.8 Å². The number of pyridine rings is 1. The third-order valence-corrected chi connectivity index (χ3v) is 4.49. The minimum absolute atomic E-state index is 0.113. The average molecular weight is 356 g/mol. The molecule has 1 N–H and O–H groups in total. The monoisotopic (exact) mass is 356 g/mol. The van der Waals surface area contributed by atoms with Crippen molar-refractivity contribution in [3.63, 3.8) is 0 Å². The molecular weight excluding hydrogens is 332 g/mol. The molecule has 3 rings (SSSR count). The van der Waals surface area contributed by atoms with Crippen LogP contribution in [0.5, 0.6) is 0 Å². The quantitative estimate of drug-likeness (QED) is 0.887. The standard InChI is InChI=1S/C18H24N6O2/c1-12-10-16(23(4)21-12)24-9-5-6-15(18(24)26)20-17(25)14-8-7-13(11-19-14)22(2)3/h7-8,10-11,15H,5-6,9H2,1-4H3,(H,20,25). The molecule has 2 aromatic rings. The molecular formula is C18H24N6O2. The Morgan fingerprint density at radius 2 is 2.12 bits per heavy atom. The van der Waals surface area contributed by atoms with Gasteiger partial charge in [-0.15, -0.1) is 0 Å². The Kier molecular flexibility index (Phi) is 4.92. The zero-order valence-corrected chi connectivity index (χ0v) is 15.6. The molecule has 0 bridgehead atoms. The third-order valence-electron chi connectivity index (χ3n) is 4.49. The van der Waals surface area contributed by atoms with Crippen LogP contribution in [0.4, 0.5) is 11.5 Å². The largest absolute Gasteiger partial charge is 0.376 e. The normalized spacial score (nSPS) is 17.3. The van der Waals surface area contributed by atoms with Crippen molar-refractivity contribution in [2.75, 3.05) is 30.4 Å². The van der Waals surface area contributed by atoms with Crippen LogP contribution in [0, 0.1) is 6.92 Å². The molecule has 1 unspecified atom stereocenters. The van der Waals surface area contributed by atoms with E-state index in [0.29, 0.717) is 18.7 Å². The highest BCUT2D eigenvalue weighted by molar-refractivity contribution is 6.02. The first kappa shape index (κ1) is 17.9. The molecule has 26 heavy (non-hydrogen) atoms. The zero-order valence-electron chi connectivity index (χ0n) is 15.6. The van der Waals surface area contributed by atoms with Gasteiger partial charge in [0.05, 0.1) is 17.6 Å². The summed E-state index contributed by atoms with van der Waals surface area (Å²) in [5.41, 5.74) is 2.07. The third kappa shape index (κ3) is 3.54. The van der Waals surface area contributed by atoms with E-state index in [1.54, 1.807) is 21.8 Å². The van der Waals surface area contributed by atoms with E-state index in [-0.39, 0.29) is 11.8 Å². The van der Waals surface area contributed by atoms with Crippen LogP contribution >= 0.6 is 0 Å². The minimum Gasteiger partial charge on any atom is -0.376 e. The second kappa shape index (κ2) is 7.15. The van der Waals surface area contributed by atoms with Gasteiger partial charge in [-0.1, -0.05) is 0 Å². The summed E-state index contributed by atoms with van der Waals surface area (Å²) in [6.07, 6.45) is 3.07. The molecule has 8 nitrogen and oxygen atoms in total. The smallest absolute Gasteiger partial charge is 0.270 e. The number of aryl methyl sites for hydroxylation is 2. The number of nitrogens with zero attached hydrogens (tertiary/aromatic N) is 5. The average Bonchev–Trinajstić information content (AvgIpc) is 2.95. The molecule has 1 atom stereocenters. The van der Waals surface area contributed by atoms with Gasteiger partial charge in [-0.3, -0.25) is 19.2 Å². The number of hydrogen-bond donors (Lipinski definition) is 1. The Bertz CT molecular complexity index is 812. The van der Waals surface area contributed by atoms with E-state index in [2.05, 4.69) is 15.4 Å². The van der Waals surface area contributed by atoms with Gasteiger partial charge in [-0.05, 0) is 31.9 Å². The molecule has 138 valence electrons. The van der Waals surface area contributed by atoms with Crippen molar-refractivity contribution >= 4 is 23.3 Å². The maximum atomic E-state index is 12.8. The summed E-state index contributed by atoms with van der Waals surface area (Å²) in [5.74, 6) is 0.300. The summed E-state index contributed by atoms with van der Waals surface area (Å²) in [7, 11) is 5.63. The topological polar surface area (TPSA) is 83.4 Å². The summed E-state index contributed by atoms with van der Waals surface area (Å²) in [6.45, 7) is 2.51. The highest BCUT2D eigenvalue weighted by Crippen LogP contribution is 2.22. The number of amides is 2. The first-order valence-corrected chi connectivity index (χ1v) is 8.63.